The first-order chi connectivity index (χ1) is 19.4. The van der Waals surface area contributed by atoms with Crippen molar-refractivity contribution in [2.45, 2.75) is 81.6 Å². The molecule has 3 amide bonds. The zero-order valence-electron chi connectivity index (χ0n) is 23.9. The van der Waals surface area contributed by atoms with Gasteiger partial charge in [0.1, 0.15) is 11.5 Å². The highest BCUT2D eigenvalue weighted by Gasteiger charge is 2.41. The van der Waals surface area contributed by atoms with E-state index in [4.69, 9.17) is 14.3 Å². The number of nitrogens with zero attached hydrogens (tertiary/aromatic N) is 1. The number of ether oxygens (including phenoxy) is 2. The molecule has 2 fully saturated rings. The van der Waals surface area contributed by atoms with E-state index in [9.17, 15) is 18.0 Å². The number of urea groups is 1. The van der Waals surface area contributed by atoms with Gasteiger partial charge in [0.25, 0.3) is 0 Å². The fourth-order valence-electron chi connectivity index (χ4n) is 4.79. The van der Waals surface area contributed by atoms with E-state index in [0.29, 0.717) is 24.5 Å². The summed E-state index contributed by atoms with van der Waals surface area (Å²) >= 11 is 0. The van der Waals surface area contributed by atoms with Crippen LogP contribution in [0.3, 0.4) is 0 Å². The molecule has 2 aliphatic rings. The predicted molar refractivity (Wildman–Crippen MR) is 153 cm³/mol. The molecule has 0 spiro atoms. The monoisotopic (exact) mass is 588 g/mol. The van der Waals surface area contributed by atoms with Crippen LogP contribution >= 0.6 is 0 Å². The summed E-state index contributed by atoms with van der Waals surface area (Å²) in [6.45, 7) is 6.78. The molecule has 0 saturated carbocycles. The Morgan fingerprint density at radius 2 is 1.66 bits per heavy atom. The molecule has 0 radical (unpaired) electrons. The van der Waals surface area contributed by atoms with Crippen molar-refractivity contribution >= 4 is 22.0 Å². The smallest absolute Gasteiger partial charge is 0.317 e. The molecule has 11 nitrogen and oxygen atoms in total. The molecule has 3 N–H and O–H groups in total. The number of amides is 3. The number of carbonyl (C=O) groups is 2. The Labute approximate surface area is 241 Å². The van der Waals surface area contributed by atoms with Gasteiger partial charge in [0.05, 0.1) is 4.90 Å². The third-order valence-electron chi connectivity index (χ3n) is 6.89. The molecule has 224 valence electrons. The summed E-state index contributed by atoms with van der Waals surface area (Å²) in [5.41, 5.74) is 0.895. The number of nitrogens with one attached hydrogen (secondary N) is 3. The molecule has 41 heavy (non-hydrogen) atoms. The van der Waals surface area contributed by atoms with Crippen LogP contribution in [0.2, 0.25) is 0 Å². The summed E-state index contributed by atoms with van der Waals surface area (Å²) in [6.07, 6.45) is 2.34. The van der Waals surface area contributed by atoms with Gasteiger partial charge in [-0.05, 0) is 82.9 Å². The second kappa shape index (κ2) is 13.2. The minimum Gasteiger partial charge on any atom is -0.457 e. The fourth-order valence-corrected chi connectivity index (χ4v) is 6.25. The SMILES string of the molecule is CC(C)(C)NC(=O)N1CCC(CC(=O)NOC2CCCCO2)(NS(=O)(=O)c2ccc(Oc3ccccc3)cc2)CC1. The van der Waals surface area contributed by atoms with E-state index < -0.39 is 33.3 Å². The van der Waals surface area contributed by atoms with Crippen LogP contribution in [0.15, 0.2) is 59.5 Å². The Bertz CT molecular complexity index is 1270. The van der Waals surface area contributed by atoms with Gasteiger partial charge in [-0.1, -0.05) is 18.2 Å². The number of benzene rings is 2. The number of hydrogen-bond acceptors (Lipinski definition) is 7. The van der Waals surface area contributed by atoms with E-state index in [1.165, 1.54) is 12.1 Å². The number of hydrogen-bond donors (Lipinski definition) is 3. The van der Waals surface area contributed by atoms with Gasteiger partial charge in [-0.3, -0.25) is 4.79 Å². The van der Waals surface area contributed by atoms with Gasteiger partial charge in [0.2, 0.25) is 15.9 Å². The Morgan fingerprint density at radius 3 is 2.27 bits per heavy atom. The summed E-state index contributed by atoms with van der Waals surface area (Å²) in [7, 11) is -4.03. The average molecular weight is 589 g/mol. The summed E-state index contributed by atoms with van der Waals surface area (Å²) < 4.78 is 41.1. The number of likely N-dealkylation sites (tertiary alicyclic amines) is 1. The third-order valence-corrected chi connectivity index (χ3v) is 8.49. The molecule has 1 atom stereocenters. The summed E-state index contributed by atoms with van der Waals surface area (Å²) in [4.78, 5) is 32.8. The molecule has 12 heteroatoms. The molecule has 0 aromatic heterocycles. The second-order valence-electron chi connectivity index (χ2n) is 11.6. The quantitative estimate of drug-likeness (QED) is 0.376. The number of carbonyl (C=O) groups excluding carboxylic acids is 2. The number of rotatable bonds is 9. The molecule has 2 aliphatic heterocycles. The lowest BCUT2D eigenvalue weighted by Crippen LogP contribution is -2.59. The van der Waals surface area contributed by atoms with Crippen LogP contribution in [0.25, 0.3) is 0 Å². The molecule has 2 saturated heterocycles. The van der Waals surface area contributed by atoms with E-state index >= 15 is 0 Å². The van der Waals surface area contributed by atoms with Gasteiger partial charge in [0.15, 0.2) is 6.29 Å². The Kier molecular flexibility index (Phi) is 9.90. The minimum atomic E-state index is -4.03. The van der Waals surface area contributed by atoms with E-state index in [-0.39, 0.29) is 43.3 Å². The van der Waals surface area contributed by atoms with E-state index in [2.05, 4.69) is 15.5 Å². The standard InChI is InChI=1S/C29H40N4O7S/c1-28(2,3)30-27(35)33-18-16-29(17-19-33,21-25(34)31-40-26-11-7-8-20-38-26)32-41(36,37)24-14-12-23(13-15-24)39-22-9-5-4-6-10-22/h4-6,9-10,12-15,26,32H,7-8,11,16-21H2,1-3H3,(H,30,35)(H,31,34). The van der Waals surface area contributed by atoms with Crippen LogP contribution < -0.4 is 20.3 Å². The van der Waals surface area contributed by atoms with Crippen LogP contribution in [0, 0.1) is 0 Å². The van der Waals surface area contributed by atoms with Crippen LogP contribution in [-0.4, -0.2) is 62.3 Å². The maximum absolute atomic E-state index is 13.5. The summed E-state index contributed by atoms with van der Waals surface area (Å²) in [5.74, 6) is 0.653. The van der Waals surface area contributed by atoms with Crippen LogP contribution in [-0.2, 0) is 24.4 Å². The lowest BCUT2D eigenvalue weighted by Gasteiger charge is -2.42. The first-order valence-electron chi connectivity index (χ1n) is 13.9. The van der Waals surface area contributed by atoms with Crippen molar-refractivity contribution in [3.05, 3.63) is 54.6 Å². The van der Waals surface area contributed by atoms with E-state index in [0.717, 1.165) is 12.8 Å². The predicted octanol–water partition coefficient (Wildman–Crippen LogP) is 4.06. The van der Waals surface area contributed by atoms with Crippen LogP contribution in [0.4, 0.5) is 4.79 Å². The maximum Gasteiger partial charge on any atom is 0.317 e. The van der Waals surface area contributed by atoms with E-state index in [1.54, 1.807) is 29.2 Å². The lowest BCUT2D eigenvalue weighted by atomic mass is 9.85. The fraction of sp³-hybridized carbons (Fsp3) is 0.517. The van der Waals surface area contributed by atoms with Gasteiger partial charge < -0.3 is 19.7 Å². The zero-order chi connectivity index (χ0) is 29.5. The van der Waals surface area contributed by atoms with Crippen molar-refractivity contribution in [1.82, 2.24) is 20.4 Å². The van der Waals surface area contributed by atoms with Gasteiger partial charge in [-0.25, -0.2) is 28.3 Å². The molecule has 4 rings (SSSR count). The maximum atomic E-state index is 13.5. The number of piperidine rings is 1. The average Bonchev–Trinajstić information content (AvgIpc) is 2.92. The normalized spacial score (nSPS) is 19.3. The highest BCUT2D eigenvalue weighted by atomic mass is 32.2. The topological polar surface area (TPSA) is 135 Å². The van der Waals surface area contributed by atoms with Gasteiger partial charge in [-0.2, -0.15) is 0 Å². The van der Waals surface area contributed by atoms with Gasteiger partial charge in [-0.15, -0.1) is 0 Å². The first-order valence-corrected chi connectivity index (χ1v) is 15.4. The molecule has 1 unspecified atom stereocenters. The summed E-state index contributed by atoms with van der Waals surface area (Å²) in [5, 5.41) is 2.93. The molecular weight excluding hydrogens is 548 g/mol. The highest BCUT2D eigenvalue weighted by Crippen LogP contribution is 2.30. The lowest BCUT2D eigenvalue weighted by molar-refractivity contribution is -0.201. The highest BCUT2D eigenvalue weighted by molar-refractivity contribution is 7.89. The largest absolute Gasteiger partial charge is 0.457 e. The van der Waals surface area contributed by atoms with Crippen LogP contribution in [0.1, 0.15) is 59.3 Å². The van der Waals surface area contributed by atoms with Crippen LogP contribution in [0.5, 0.6) is 11.5 Å². The van der Waals surface area contributed by atoms with Crippen molar-refractivity contribution < 1.29 is 32.3 Å². The number of hydroxylamine groups is 1. The van der Waals surface area contributed by atoms with Crippen molar-refractivity contribution in [3.63, 3.8) is 0 Å². The van der Waals surface area contributed by atoms with Gasteiger partial charge >= 0.3 is 6.03 Å². The minimum absolute atomic E-state index is 0.0393. The molecule has 2 aromatic carbocycles. The molecule has 0 bridgehead atoms. The van der Waals surface area contributed by atoms with Crippen molar-refractivity contribution in [2.24, 2.45) is 0 Å². The second-order valence-corrected chi connectivity index (χ2v) is 13.2. The van der Waals surface area contributed by atoms with E-state index in [1.807, 2.05) is 39.0 Å². The third kappa shape index (κ3) is 9.15. The summed E-state index contributed by atoms with van der Waals surface area (Å²) in [6, 6.07) is 15.0. The molecule has 2 aromatic rings. The number of para-hydroxylation sites is 1. The molecule has 0 aliphatic carbocycles. The Hall–Kier alpha value is -3.19. The van der Waals surface area contributed by atoms with Crippen molar-refractivity contribution in [3.8, 4) is 11.5 Å². The van der Waals surface area contributed by atoms with Gasteiger partial charge in [0, 0.05) is 43.6 Å². The molecule has 2 heterocycles. The van der Waals surface area contributed by atoms with Crippen molar-refractivity contribution in [1.29, 1.82) is 0 Å². The zero-order valence-corrected chi connectivity index (χ0v) is 24.7. The first kappa shape index (κ1) is 30.8. The number of sulfonamides is 1. The van der Waals surface area contributed by atoms with Crippen molar-refractivity contribution in [2.75, 3.05) is 19.7 Å². The Morgan fingerprint density at radius 1 is 1.00 bits per heavy atom. The molecular formula is C29H40N4O7S. The Balaban J connectivity index is 1.46.